The van der Waals surface area contributed by atoms with E-state index >= 15 is 0 Å². The molecule has 5 heteroatoms. The zero-order valence-electron chi connectivity index (χ0n) is 14.9. The first-order valence-electron chi connectivity index (χ1n) is 8.79. The molecule has 0 radical (unpaired) electrons. The van der Waals surface area contributed by atoms with Crippen molar-refractivity contribution in [2.24, 2.45) is 0 Å². The Bertz CT molecular complexity index is 1090. The van der Waals surface area contributed by atoms with Gasteiger partial charge in [0.15, 0.2) is 0 Å². The molecule has 5 nitrogen and oxygen atoms in total. The van der Waals surface area contributed by atoms with Crippen LogP contribution in [0.15, 0.2) is 42.5 Å². The number of allylic oxidation sites excluding steroid dienone is 1. The summed E-state index contributed by atoms with van der Waals surface area (Å²) in [7, 11) is 1.47. The number of pyridine rings is 1. The quantitative estimate of drug-likeness (QED) is 0.766. The van der Waals surface area contributed by atoms with Gasteiger partial charge in [-0.1, -0.05) is 36.1 Å². The molecule has 0 spiro atoms. The van der Waals surface area contributed by atoms with E-state index in [2.05, 4.69) is 0 Å². The summed E-state index contributed by atoms with van der Waals surface area (Å²) in [5.74, 6) is -0.803. The summed E-state index contributed by atoms with van der Waals surface area (Å²) in [6.07, 6.45) is 4.32. The summed E-state index contributed by atoms with van der Waals surface area (Å²) >= 11 is 0. The third-order valence-corrected chi connectivity index (χ3v) is 4.91. The number of aromatic nitrogens is 1. The molecular formula is C22H18NO4-. The average Bonchev–Trinajstić information content (AvgIpc) is 2.67. The van der Waals surface area contributed by atoms with Crippen LogP contribution in [-0.4, -0.2) is 23.2 Å². The third kappa shape index (κ3) is 3.01. The van der Waals surface area contributed by atoms with Gasteiger partial charge in [-0.2, -0.15) is 0 Å². The molecule has 1 heterocycles. The molecule has 0 saturated carbocycles. The van der Waals surface area contributed by atoms with Crippen LogP contribution in [0, 0.1) is 0 Å². The number of hydrogen-bond acceptors (Lipinski definition) is 4. The lowest BCUT2D eigenvalue weighted by Crippen LogP contribution is -2.13. The van der Waals surface area contributed by atoms with Gasteiger partial charge >= 0.3 is 5.97 Å². The van der Waals surface area contributed by atoms with Gasteiger partial charge in [0, 0.05) is 5.39 Å². The van der Waals surface area contributed by atoms with Crippen molar-refractivity contribution in [2.75, 3.05) is 7.11 Å². The molecule has 27 heavy (non-hydrogen) atoms. The Balaban J connectivity index is 1.92. The first kappa shape index (κ1) is 17.1. The van der Waals surface area contributed by atoms with Gasteiger partial charge in [-0.05, 0) is 54.2 Å². The molecule has 0 atom stereocenters. The van der Waals surface area contributed by atoms with Gasteiger partial charge < -0.3 is 14.9 Å². The minimum atomic E-state index is -0.927. The van der Waals surface area contributed by atoms with Crippen molar-refractivity contribution in [3.63, 3.8) is 0 Å². The van der Waals surface area contributed by atoms with Crippen molar-refractivity contribution >= 4 is 28.5 Å². The van der Waals surface area contributed by atoms with Gasteiger partial charge in [0.25, 0.3) is 0 Å². The lowest BCUT2D eigenvalue weighted by atomic mass is 9.86. The van der Waals surface area contributed by atoms with E-state index in [0.29, 0.717) is 22.9 Å². The van der Waals surface area contributed by atoms with Crippen molar-refractivity contribution in [3.05, 3.63) is 64.8 Å². The van der Waals surface area contributed by atoms with E-state index in [1.807, 2.05) is 30.3 Å². The summed E-state index contributed by atoms with van der Waals surface area (Å²) in [5.41, 5.74) is 4.35. The van der Waals surface area contributed by atoms with Crippen molar-refractivity contribution in [2.45, 2.75) is 19.3 Å². The maximum Gasteiger partial charge on any atom is 0.336 e. The molecular weight excluding hydrogens is 342 g/mol. The number of carboxylic acid groups (broad SMARTS) is 1. The Morgan fingerprint density at radius 1 is 1.22 bits per heavy atom. The van der Waals surface area contributed by atoms with Crippen LogP contribution in [0.25, 0.3) is 22.6 Å². The molecule has 0 fully saturated rings. The molecule has 1 aliphatic carbocycles. The number of aromatic carboxylic acids is 1. The maximum atomic E-state index is 12.0. The standard InChI is InChI=1S/C22H19NO4/c1-27-19-12-13(9-10-18(19)24)11-14-5-4-7-16-20(22(25)26)15-6-2-3-8-17(15)23-21(14)16/h2-3,6,8-12,24H,4-5,7H2,1H3,(H,25,26)/p-1/b14-11+. The van der Waals surface area contributed by atoms with E-state index in [-0.39, 0.29) is 11.5 Å². The number of ether oxygens (including phenoxy) is 1. The van der Waals surface area contributed by atoms with Gasteiger partial charge in [0.05, 0.1) is 23.9 Å². The van der Waals surface area contributed by atoms with Gasteiger partial charge in [-0.25, -0.2) is 9.78 Å². The van der Waals surface area contributed by atoms with Gasteiger partial charge in [0.2, 0.25) is 0 Å². The number of carboxylic acids is 1. The highest BCUT2D eigenvalue weighted by Gasteiger charge is 2.24. The molecule has 4 rings (SSSR count). The summed E-state index contributed by atoms with van der Waals surface area (Å²) < 4.78 is 5.12. The minimum Gasteiger partial charge on any atom is -0.870 e. The molecule has 136 valence electrons. The summed E-state index contributed by atoms with van der Waals surface area (Å²) in [5, 5.41) is 22.2. The van der Waals surface area contributed by atoms with E-state index in [0.717, 1.165) is 35.2 Å². The fourth-order valence-corrected chi connectivity index (χ4v) is 3.69. The Kier molecular flexibility index (Phi) is 4.28. The van der Waals surface area contributed by atoms with E-state index < -0.39 is 5.97 Å². The fourth-order valence-electron chi connectivity index (χ4n) is 3.69. The third-order valence-electron chi connectivity index (χ3n) is 4.91. The lowest BCUT2D eigenvalue weighted by Gasteiger charge is -2.22. The van der Waals surface area contributed by atoms with Crippen molar-refractivity contribution in [1.29, 1.82) is 0 Å². The van der Waals surface area contributed by atoms with E-state index in [4.69, 9.17) is 9.72 Å². The maximum absolute atomic E-state index is 12.0. The number of para-hydroxylation sites is 1. The second-order valence-corrected chi connectivity index (χ2v) is 6.57. The van der Waals surface area contributed by atoms with Crippen LogP contribution in [0.3, 0.4) is 0 Å². The Morgan fingerprint density at radius 3 is 2.81 bits per heavy atom. The zero-order chi connectivity index (χ0) is 19.0. The highest BCUT2D eigenvalue weighted by molar-refractivity contribution is 6.05. The molecule has 1 aromatic heterocycles. The monoisotopic (exact) mass is 360 g/mol. The number of nitrogens with zero attached hydrogens (tertiary/aromatic N) is 1. The number of fused-ring (bicyclic) bond motifs is 2. The minimum absolute atomic E-state index is 0.166. The van der Waals surface area contributed by atoms with Crippen LogP contribution in [0.2, 0.25) is 0 Å². The van der Waals surface area contributed by atoms with Crippen LogP contribution < -0.4 is 9.84 Å². The molecule has 3 aromatic rings. The van der Waals surface area contributed by atoms with Gasteiger partial charge in [0.1, 0.15) is 5.75 Å². The summed E-state index contributed by atoms with van der Waals surface area (Å²) in [6.45, 7) is 0. The molecule has 1 aliphatic rings. The molecule has 2 aromatic carbocycles. The Labute approximate surface area is 156 Å². The number of carbonyl (C=O) groups is 1. The van der Waals surface area contributed by atoms with Crippen molar-refractivity contribution in [1.82, 2.24) is 4.98 Å². The molecule has 0 aliphatic heterocycles. The lowest BCUT2D eigenvalue weighted by molar-refractivity contribution is -0.270. The van der Waals surface area contributed by atoms with Crippen LogP contribution in [0.5, 0.6) is 11.5 Å². The van der Waals surface area contributed by atoms with E-state index in [1.54, 1.807) is 12.1 Å². The molecule has 0 unspecified atom stereocenters. The number of methoxy groups -OCH3 is 1. The zero-order valence-corrected chi connectivity index (χ0v) is 14.9. The van der Waals surface area contributed by atoms with Crippen LogP contribution in [0.4, 0.5) is 0 Å². The number of hydrogen-bond donors (Lipinski definition) is 1. The predicted molar refractivity (Wildman–Crippen MR) is 102 cm³/mol. The van der Waals surface area contributed by atoms with Gasteiger partial charge in [-0.3, -0.25) is 0 Å². The smallest absolute Gasteiger partial charge is 0.336 e. The Hall–Kier alpha value is -3.34. The summed E-state index contributed by atoms with van der Waals surface area (Å²) in [4.78, 5) is 16.7. The normalized spacial score (nSPS) is 14.9. The highest BCUT2D eigenvalue weighted by atomic mass is 16.5. The van der Waals surface area contributed by atoms with Crippen molar-refractivity contribution in [3.8, 4) is 11.5 Å². The second kappa shape index (κ2) is 6.76. The SMILES string of the molecule is COc1cc(/C=C2\CCCc3c2nc2ccccc2c3C(=O)O)ccc1[O-]. The largest absolute Gasteiger partial charge is 0.870 e. The van der Waals surface area contributed by atoms with Crippen LogP contribution in [-0.2, 0) is 6.42 Å². The van der Waals surface area contributed by atoms with Crippen molar-refractivity contribution < 1.29 is 19.7 Å². The fraction of sp³-hybridized carbons (Fsp3) is 0.182. The highest BCUT2D eigenvalue weighted by Crippen LogP contribution is 2.36. The van der Waals surface area contributed by atoms with Crippen LogP contribution >= 0.6 is 0 Å². The molecule has 0 saturated heterocycles. The number of benzene rings is 2. The first-order chi connectivity index (χ1) is 13.1. The van der Waals surface area contributed by atoms with Gasteiger partial charge in [-0.15, -0.1) is 0 Å². The topological polar surface area (TPSA) is 82.5 Å². The van der Waals surface area contributed by atoms with E-state index in [9.17, 15) is 15.0 Å². The number of rotatable bonds is 3. The second-order valence-electron chi connectivity index (χ2n) is 6.57. The van der Waals surface area contributed by atoms with E-state index in [1.165, 1.54) is 13.2 Å². The molecule has 0 amide bonds. The molecule has 1 N–H and O–H groups in total. The summed E-state index contributed by atoms with van der Waals surface area (Å²) in [6, 6.07) is 12.3. The predicted octanol–water partition coefficient (Wildman–Crippen LogP) is 3.89. The first-order valence-corrected chi connectivity index (χ1v) is 8.79. The Morgan fingerprint density at radius 2 is 2.04 bits per heavy atom. The average molecular weight is 360 g/mol. The van der Waals surface area contributed by atoms with Crippen LogP contribution in [0.1, 0.15) is 40.0 Å². The molecule has 0 bridgehead atoms.